The van der Waals surface area contributed by atoms with Crippen molar-refractivity contribution in [3.05, 3.63) is 143 Å². The van der Waals surface area contributed by atoms with Crippen molar-refractivity contribution in [3.8, 4) is 45.6 Å². The van der Waals surface area contributed by atoms with Gasteiger partial charge in [-0.1, -0.05) is 74.2 Å². The van der Waals surface area contributed by atoms with Gasteiger partial charge < -0.3 is 18.9 Å². The molecule has 0 unspecified atom stereocenters. The summed E-state index contributed by atoms with van der Waals surface area (Å²) in [6.07, 6.45) is 8.92. The largest absolute Gasteiger partial charge is 0.494 e. The van der Waals surface area contributed by atoms with Crippen LogP contribution in [0.1, 0.15) is 73.7 Å². The Morgan fingerprint density at radius 3 is 1.28 bits per heavy atom. The van der Waals surface area contributed by atoms with Gasteiger partial charge in [-0.25, -0.2) is 4.79 Å². The van der Waals surface area contributed by atoms with E-state index in [0.717, 1.165) is 91.5 Å². The number of hydrogen-bond acceptors (Lipinski definition) is 8. The van der Waals surface area contributed by atoms with Crippen molar-refractivity contribution >= 4 is 11.7 Å². The summed E-state index contributed by atoms with van der Waals surface area (Å²) in [5, 5.41) is 19.7. The number of carbonyl (C=O) groups excluding carboxylic acids is 1. The third-order valence-corrected chi connectivity index (χ3v) is 8.92. The fraction of sp³-hybridized carbons (Fsp3) is 0.289. The van der Waals surface area contributed by atoms with Crippen LogP contribution in [0, 0.1) is 21.4 Å². The van der Waals surface area contributed by atoms with Crippen molar-refractivity contribution in [2.45, 2.75) is 57.8 Å². The minimum Gasteiger partial charge on any atom is -0.494 e. The number of nitriles is 1. The number of hydrogen-bond donors (Lipinski definition) is 0. The summed E-state index contributed by atoms with van der Waals surface area (Å²) in [6, 6.07) is 39.2. The lowest BCUT2D eigenvalue weighted by Gasteiger charge is -2.09. The highest BCUT2D eigenvalue weighted by Crippen LogP contribution is 2.25. The number of nitrogens with zero attached hydrogens (tertiary/aromatic N) is 2. The fourth-order valence-electron chi connectivity index (χ4n) is 5.80. The first kappa shape index (κ1) is 39.1. The topological polar surface area (TPSA) is 121 Å². The molecule has 0 radical (unpaired) electrons. The number of unbranched alkanes of at least 4 members (excludes halogenated alkanes) is 7. The Morgan fingerprint density at radius 2 is 0.852 bits per heavy atom. The van der Waals surface area contributed by atoms with E-state index in [4.69, 9.17) is 24.2 Å². The first-order valence-corrected chi connectivity index (χ1v) is 18.6. The third-order valence-electron chi connectivity index (χ3n) is 8.92. The van der Waals surface area contributed by atoms with E-state index in [9.17, 15) is 14.9 Å². The number of ether oxygens (including phenoxy) is 4. The van der Waals surface area contributed by atoms with Crippen LogP contribution in [-0.4, -0.2) is 37.3 Å². The lowest BCUT2D eigenvalue weighted by molar-refractivity contribution is -0.384. The number of rotatable bonds is 22. The van der Waals surface area contributed by atoms with Gasteiger partial charge in [-0.2, -0.15) is 5.26 Å². The molecule has 0 fully saturated rings. The molecule has 0 bridgehead atoms. The van der Waals surface area contributed by atoms with Crippen LogP contribution >= 0.6 is 0 Å². The van der Waals surface area contributed by atoms with Crippen LogP contribution in [0.15, 0.2) is 121 Å². The molecule has 5 rings (SSSR count). The van der Waals surface area contributed by atoms with E-state index < -0.39 is 4.92 Å². The first-order chi connectivity index (χ1) is 26.5. The second-order valence-corrected chi connectivity index (χ2v) is 12.9. The van der Waals surface area contributed by atoms with E-state index in [0.29, 0.717) is 43.3 Å². The zero-order valence-electron chi connectivity index (χ0n) is 30.5. The first-order valence-electron chi connectivity index (χ1n) is 18.6. The van der Waals surface area contributed by atoms with E-state index in [1.807, 2.05) is 84.9 Å². The average Bonchev–Trinajstić information content (AvgIpc) is 3.22. The zero-order valence-corrected chi connectivity index (χ0v) is 30.5. The molecule has 0 aliphatic carbocycles. The van der Waals surface area contributed by atoms with Gasteiger partial charge in [0.1, 0.15) is 17.2 Å². The standard InChI is InChI=1S/C45H46N2O7/c46-34-35-10-12-36(13-11-35)38-18-24-43(25-19-38)52-32-8-5-9-33-54-45(48)40-16-14-37(15-17-40)39-20-26-42(27-21-39)51-30-6-3-1-2-4-7-31-53-44-28-22-41(23-29-44)47(49)50/h10-29H,1-9,30-33H2. The fourth-order valence-corrected chi connectivity index (χ4v) is 5.80. The SMILES string of the molecule is N#Cc1ccc(-c2ccc(OCCCCCOC(=O)c3ccc(-c4ccc(OCCCCCCCCOc5ccc([N+](=O)[O-])cc5)cc4)cc3)cc2)cc1. The number of benzene rings is 5. The van der Waals surface area contributed by atoms with Crippen molar-refractivity contribution in [2.75, 3.05) is 26.4 Å². The molecule has 0 N–H and O–H groups in total. The lowest BCUT2D eigenvalue weighted by atomic mass is 10.0. The maximum atomic E-state index is 12.6. The summed E-state index contributed by atoms with van der Waals surface area (Å²) >= 11 is 0. The van der Waals surface area contributed by atoms with Gasteiger partial charge in [0.15, 0.2) is 0 Å². The van der Waals surface area contributed by atoms with Crippen LogP contribution in [0.4, 0.5) is 5.69 Å². The Kier molecular flexibility index (Phi) is 15.5. The average molecular weight is 727 g/mol. The van der Waals surface area contributed by atoms with Crippen molar-refractivity contribution in [2.24, 2.45) is 0 Å². The van der Waals surface area contributed by atoms with Gasteiger partial charge in [-0.05, 0) is 115 Å². The van der Waals surface area contributed by atoms with E-state index in [1.54, 1.807) is 24.3 Å². The number of esters is 1. The minimum absolute atomic E-state index is 0.0657. The summed E-state index contributed by atoms with van der Waals surface area (Å²) < 4.78 is 23.0. The molecule has 9 nitrogen and oxygen atoms in total. The molecule has 278 valence electrons. The van der Waals surface area contributed by atoms with Crippen molar-refractivity contribution in [3.63, 3.8) is 0 Å². The number of nitro benzene ring substituents is 1. The molecule has 0 aliphatic heterocycles. The third kappa shape index (κ3) is 12.8. The second kappa shape index (κ2) is 21.4. The molecule has 9 heteroatoms. The maximum absolute atomic E-state index is 12.6. The van der Waals surface area contributed by atoms with Crippen LogP contribution < -0.4 is 14.2 Å². The Balaban J connectivity index is 0.879. The number of carbonyl (C=O) groups is 1. The van der Waals surface area contributed by atoms with Gasteiger partial charge in [-0.3, -0.25) is 10.1 Å². The molecule has 5 aromatic carbocycles. The Bertz CT molecular complexity index is 1920. The molecular formula is C45H46N2O7. The van der Waals surface area contributed by atoms with E-state index in [1.165, 1.54) is 12.1 Å². The van der Waals surface area contributed by atoms with Gasteiger partial charge >= 0.3 is 5.97 Å². The van der Waals surface area contributed by atoms with Crippen LogP contribution in [0.25, 0.3) is 22.3 Å². The maximum Gasteiger partial charge on any atom is 0.338 e. The van der Waals surface area contributed by atoms with Crippen LogP contribution in [-0.2, 0) is 4.74 Å². The summed E-state index contributed by atoms with van der Waals surface area (Å²) in [6.45, 7) is 2.23. The number of non-ortho nitro benzene ring substituents is 1. The molecule has 0 spiro atoms. The lowest BCUT2D eigenvalue weighted by Crippen LogP contribution is -2.07. The van der Waals surface area contributed by atoms with Gasteiger partial charge in [0.05, 0.1) is 48.5 Å². The van der Waals surface area contributed by atoms with E-state index in [-0.39, 0.29) is 11.7 Å². The van der Waals surface area contributed by atoms with E-state index in [2.05, 4.69) is 6.07 Å². The Hall–Kier alpha value is -6.14. The predicted octanol–water partition coefficient (Wildman–Crippen LogP) is 11.0. The Labute approximate surface area is 317 Å². The van der Waals surface area contributed by atoms with Crippen LogP contribution in [0.3, 0.4) is 0 Å². The minimum atomic E-state index is -0.415. The van der Waals surface area contributed by atoms with Crippen molar-refractivity contribution in [1.29, 1.82) is 5.26 Å². The summed E-state index contributed by atoms with van der Waals surface area (Å²) in [5.74, 6) is 1.98. The second-order valence-electron chi connectivity index (χ2n) is 12.9. The molecule has 0 amide bonds. The Morgan fingerprint density at radius 1 is 0.500 bits per heavy atom. The van der Waals surface area contributed by atoms with Gasteiger partial charge in [0.2, 0.25) is 0 Å². The predicted molar refractivity (Wildman–Crippen MR) is 210 cm³/mol. The highest BCUT2D eigenvalue weighted by Gasteiger charge is 2.09. The highest BCUT2D eigenvalue weighted by atomic mass is 16.6. The monoisotopic (exact) mass is 726 g/mol. The summed E-state index contributed by atoms with van der Waals surface area (Å²) in [5.41, 5.74) is 5.42. The molecule has 0 heterocycles. The molecule has 0 saturated carbocycles. The van der Waals surface area contributed by atoms with Gasteiger partial charge in [0, 0.05) is 12.1 Å². The van der Waals surface area contributed by atoms with Crippen molar-refractivity contribution in [1.82, 2.24) is 0 Å². The van der Waals surface area contributed by atoms with Crippen LogP contribution in [0.5, 0.6) is 17.2 Å². The smallest absolute Gasteiger partial charge is 0.338 e. The molecule has 5 aromatic rings. The van der Waals surface area contributed by atoms with Crippen LogP contribution in [0.2, 0.25) is 0 Å². The number of nitro groups is 1. The van der Waals surface area contributed by atoms with E-state index >= 15 is 0 Å². The molecule has 0 aromatic heterocycles. The summed E-state index contributed by atoms with van der Waals surface area (Å²) in [7, 11) is 0. The normalized spacial score (nSPS) is 10.6. The molecule has 0 aliphatic rings. The molecular weight excluding hydrogens is 681 g/mol. The zero-order chi connectivity index (χ0) is 37.8. The van der Waals surface area contributed by atoms with Gasteiger partial charge in [0.25, 0.3) is 5.69 Å². The molecule has 0 saturated heterocycles. The van der Waals surface area contributed by atoms with Crippen molar-refractivity contribution < 1.29 is 28.7 Å². The highest BCUT2D eigenvalue weighted by molar-refractivity contribution is 5.90. The quantitative estimate of drug-likeness (QED) is 0.0299. The summed E-state index contributed by atoms with van der Waals surface area (Å²) in [4.78, 5) is 22.9. The molecule has 0 atom stereocenters. The molecule has 54 heavy (non-hydrogen) atoms. The van der Waals surface area contributed by atoms with Gasteiger partial charge in [-0.15, -0.1) is 0 Å².